The summed E-state index contributed by atoms with van der Waals surface area (Å²) in [4.78, 5) is 27.1. The lowest BCUT2D eigenvalue weighted by molar-refractivity contribution is 0.0883. The number of methoxy groups -OCH3 is 1. The lowest BCUT2D eigenvalue weighted by atomic mass is 10.2. The van der Waals surface area contributed by atoms with Gasteiger partial charge in [0.1, 0.15) is 5.82 Å². The largest absolute Gasteiger partial charge is 0.453 e. The molecule has 2 amide bonds. The van der Waals surface area contributed by atoms with Crippen LogP contribution in [0.5, 0.6) is 0 Å². The van der Waals surface area contributed by atoms with Gasteiger partial charge in [0.05, 0.1) is 17.7 Å². The van der Waals surface area contributed by atoms with Crippen molar-refractivity contribution in [2.75, 3.05) is 46.4 Å². The molecular formula is C15H20Cl2FN3O3. The molecule has 134 valence electrons. The van der Waals surface area contributed by atoms with Crippen LogP contribution < -0.4 is 5.32 Å². The minimum Gasteiger partial charge on any atom is -0.453 e. The first kappa shape index (κ1) is 20.5. The Morgan fingerprint density at radius 2 is 1.96 bits per heavy atom. The normalized spacial score (nSPS) is 14.7. The van der Waals surface area contributed by atoms with E-state index >= 15 is 0 Å². The molecule has 0 unspecified atom stereocenters. The second kappa shape index (κ2) is 9.66. The fourth-order valence-corrected chi connectivity index (χ4v) is 2.66. The van der Waals surface area contributed by atoms with E-state index in [-0.39, 0.29) is 29.1 Å². The molecule has 0 radical (unpaired) electrons. The summed E-state index contributed by atoms with van der Waals surface area (Å²) in [6.45, 7) is 3.56. The fourth-order valence-electron chi connectivity index (χ4n) is 2.41. The Hall–Kier alpha value is -1.57. The zero-order chi connectivity index (χ0) is 16.8. The maximum absolute atomic E-state index is 13.6. The van der Waals surface area contributed by atoms with Gasteiger partial charge in [-0.25, -0.2) is 9.18 Å². The van der Waals surface area contributed by atoms with Crippen molar-refractivity contribution in [2.24, 2.45) is 0 Å². The maximum Gasteiger partial charge on any atom is 0.409 e. The number of ether oxygens (including phenoxy) is 1. The minimum absolute atomic E-state index is 0. The van der Waals surface area contributed by atoms with E-state index in [9.17, 15) is 14.0 Å². The predicted octanol–water partition coefficient (Wildman–Crippen LogP) is 2.01. The number of hydrogen-bond acceptors (Lipinski definition) is 4. The first-order valence-corrected chi connectivity index (χ1v) is 7.68. The van der Waals surface area contributed by atoms with Crippen molar-refractivity contribution in [1.82, 2.24) is 15.1 Å². The molecule has 9 heteroatoms. The summed E-state index contributed by atoms with van der Waals surface area (Å²) in [5, 5.41) is 2.75. The van der Waals surface area contributed by atoms with Gasteiger partial charge in [-0.3, -0.25) is 9.69 Å². The van der Waals surface area contributed by atoms with Crippen molar-refractivity contribution in [1.29, 1.82) is 0 Å². The molecule has 6 nitrogen and oxygen atoms in total. The zero-order valence-electron chi connectivity index (χ0n) is 13.3. The number of carbonyl (C=O) groups excluding carboxylic acids is 2. The molecule has 1 aliphatic heterocycles. The molecule has 1 aromatic carbocycles. The van der Waals surface area contributed by atoms with Crippen LogP contribution in [0.15, 0.2) is 18.2 Å². The highest BCUT2D eigenvalue weighted by Crippen LogP contribution is 2.18. The number of benzene rings is 1. The molecule has 1 aromatic rings. The van der Waals surface area contributed by atoms with Gasteiger partial charge in [0.2, 0.25) is 0 Å². The standard InChI is InChI=1S/C15H19ClFN3O3.ClH/c1-23-15(22)20-9-7-19(8-10-20)6-5-18-14(21)13-11(16)3-2-4-12(13)17;/h2-4H,5-10H2,1H3,(H,18,21);1H. The number of carbonyl (C=O) groups is 2. The van der Waals surface area contributed by atoms with E-state index in [4.69, 9.17) is 11.6 Å². The van der Waals surface area contributed by atoms with E-state index in [2.05, 4.69) is 15.0 Å². The highest BCUT2D eigenvalue weighted by atomic mass is 35.5. The Bertz CT molecular complexity index is 561. The summed E-state index contributed by atoms with van der Waals surface area (Å²) in [5.74, 6) is -1.16. The molecule has 0 atom stereocenters. The molecule has 0 spiro atoms. The Labute approximate surface area is 151 Å². The van der Waals surface area contributed by atoms with Gasteiger partial charge in [0, 0.05) is 39.3 Å². The van der Waals surface area contributed by atoms with E-state index in [1.165, 1.54) is 25.3 Å². The lowest BCUT2D eigenvalue weighted by Gasteiger charge is -2.33. The Morgan fingerprint density at radius 1 is 1.29 bits per heavy atom. The third-order valence-electron chi connectivity index (χ3n) is 3.71. The molecule has 0 aromatic heterocycles. The summed E-state index contributed by atoms with van der Waals surface area (Å²) in [6, 6.07) is 4.13. The molecule has 0 bridgehead atoms. The first-order chi connectivity index (χ1) is 11.0. The van der Waals surface area contributed by atoms with E-state index < -0.39 is 11.7 Å². The molecular weight excluding hydrogens is 360 g/mol. The molecule has 0 saturated carbocycles. The van der Waals surface area contributed by atoms with Gasteiger partial charge < -0.3 is 15.0 Å². The van der Waals surface area contributed by atoms with Crippen molar-refractivity contribution in [3.8, 4) is 0 Å². The Morgan fingerprint density at radius 3 is 2.54 bits per heavy atom. The van der Waals surface area contributed by atoms with Crippen LogP contribution in [0.2, 0.25) is 5.02 Å². The van der Waals surface area contributed by atoms with Crippen molar-refractivity contribution in [3.63, 3.8) is 0 Å². The zero-order valence-corrected chi connectivity index (χ0v) is 14.8. The highest BCUT2D eigenvalue weighted by Gasteiger charge is 2.21. The topological polar surface area (TPSA) is 61.9 Å². The summed E-state index contributed by atoms with van der Waals surface area (Å²) < 4.78 is 18.3. The quantitative estimate of drug-likeness (QED) is 0.868. The molecule has 0 aliphatic carbocycles. The monoisotopic (exact) mass is 379 g/mol. The second-order valence-corrected chi connectivity index (χ2v) is 5.56. The van der Waals surface area contributed by atoms with E-state index in [1.807, 2.05) is 0 Å². The van der Waals surface area contributed by atoms with Crippen LogP contribution in [0.25, 0.3) is 0 Å². The molecule has 1 N–H and O–H groups in total. The van der Waals surface area contributed by atoms with E-state index in [0.717, 1.165) is 0 Å². The van der Waals surface area contributed by atoms with Crippen LogP contribution in [0.1, 0.15) is 10.4 Å². The van der Waals surface area contributed by atoms with Crippen molar-refractivity contribution >= 4 is 36.0 Å². The number of piperazine rings is 1. The van der Waals surface area contributed by atoms with E-state index in [1.54, 1.807) is 4.90 Å². The molecule has 2 rings (SSSR count). The predicted molar refractivity (Wildman–Crippen MR) is 91.4 cm³/mol. The van der Waals surface area contributed by atoms with Crippen molar-refractivity contribution in [3.05, 3.63) is 34.6 Å². The number of rotatable bonds is 4. The van der Waals surface area contributed by atoms with Gasteiger partial charge in [-0.15, -0.1) is 12.4 Å². The Kier molecular flexibility index (Phi) is 8.24. The van der Waals surface area contributed by atoms with Gasteiger partial charge in [-0.1, -0.05) is 17.7 Å². The molecule has 1 aliphatic rings. The van der Waals surface area contributed by atoms with Crippen molar-refractivity contribution < 1.29 is 18.7 Å². The molecule has 24 heavy (non-hydrogen) atoms. The van der Waals surface area contributed by atoms with Crippen LogP contribution in [-0.2, 0) is 4.74 Å². The smallest absolute Gasteiger partial charge is 0.409 e. The fraction of sp³-hybridized carbons (Fsp3) is 0.467. The third kappa shape index (κ3) is 5.22. The average molecular weight is 380 g/mol. The summed E-state index contributed by atoms with van der Waals surface area (Å²) >= 11 is 5.85. The van der Waals surface area contributed by atoms with Crippen LogP contribution in [0.3, 0.4) is 0 Å². The lowest BCUT2D eigenvalue weighted by Crippen LogP contribution is -2.50. The number of hydrogen-bond donors (Lipinski definition) is 1. The van der Waals surface area contributed by atoms with Gasteiger partial charge in [-0.2, -0.15) is 0 Å². The molecule has 1 saturated heterocycles. The summed E-state index contributed by atoms with van der Waals surface area (Å²) in [6.07, 6.45) is -0.327. The second-order valence-electron chi connectivity index (χ2n) is 5.15. The van der Waals surface area contributed by atoms with Crippen LogP contribution in [0, 0.1) is 5.82 Å². The summed E-state index contributed by atoms with van der Waals surface area (Å²) in [5.41, 5.74) is -0.135. The van der Waals surface area contributed by atoms with Gasteiger partial charge in [0.25, 0.3) is 5.91 Å². The van der Waals surface area contributed by atoms with Gasteiger partial charge >= 0.3 is 6.09 Å². The SMILES string of the molecule is COC(=O)N1CCN(CCNC(=O)c2c(F)cccc2Cl)CC1.Cl. The van der Waals surface area contributed by atoms with Crippen molar-refractivity contribution in [2.45, 2.75) is 0 Å². The summed E-state index contributed by atoms with van der Waals surface area (Å²) in [7, 11) is 1.36. The third-order valence-corrected chi connectivity index (χ3v) is 4.02. The number of amides is 2. The number of nitrogens with zero attached hydrogens (tertiary/aromatic N) is 2. The molecule has 1 heterocycles. The first-order valence-electron chi connectivity index (χ1n) is 7.30. The van der Waals surface area contributed by atoms with Gasteiger partial charge in [0.15, 0.2) is 0 Å². The Balaban J connectivity index is 0.00000288. The van der Waals surface area contributed by atoms with Gasteiger partial charge in [-0.05, 0) is 12.1 Å². The maximum atomic E-state index is 13.6. The highest BCUT2D eigenvalue weighted by molar-refractivity contribution is 6.33. The number of nitrogens with one attached hydrogen (secondary N) is 1. The van der Waals surface area contributed by atoms with E-state index in [0.29, 0.717) is 39.3 Å². The number of halogens is 3. The van der Waals surface area contributed by atoms with Crippen LogP contribution >= 0.6 is 24.0 Å². The average Bonchev–Trinajstić information content (AvgIpc) is 2.54. The van der Waals surface area contributed by atoms with Crippen LogP contribution in [-0.4, -0.2) is 68.2 Å². The van der Waals surface area contributed by atoms with Crippen LogP contribution in [0.4, 0.5) is 9.18 Å². The minimum atomic E-state index is -0.637. The molecule has 1 fully saturated rings.